The predicted octanol–water partition coefficient (Wildman–Crippen LogP) is 2.11. The molecule has 0 aliphatic rings. The lowest BCUT2D eigenvalue weighted by atomic mass is 10.2. The molecule has 0 aliphatic carbocycles. The summed E-state index contributed by atoms with van der Waals surface area (Å²) in [5, 5.41) is 11.8. The SMILES string of the molecule is C/C(=C\CCCN=[N+]=[N-])C(=O)O. The van der Waals surface area contributed by atoms with Gasteiger partial charge in [-0.15, -0.1) is 0 Å². The van der Waals surface area contributed by atoms with E-state index in [0.717, 1.165) is 0 Å². The zero-order valence-corrected chi connectivity index (χ0v) is 6.90. The van der Waals surface area contributed by atoms with Crippen molar-refractivity contribution in [3.05, 3.63) is 22.1 Å². The first-order valence-electron chi connectivity index (χ1n) is 3.59. The topological polar surface area (TPSA) is 86.1 Å². The van der Waals surface area contributed by atoms with E-state index in [9.17, 15) is 4.79 Å². The molecule has 0 atom stereocenters. The van der Waals surface area contributed by atoms with E-state index in [4.69, 9.17) is 10.6 Å². The Morgan fingerprint density at radius 1 is 1.75 bits per heavy atom. The van der Waals surface area contributed by atoms with Gasteiger partial charge in [-0.25, -0.2) is 4.79 Å². The van der Waals surface area contributed by atoms with Gasteiger partial charge in [0.25, 0.3) is 0 Å². The number of azide groups is 1. The molecule has 0 fully saturated rings. The summed E-state index contributed by atoms with van der Waals surface area (Å²) in [6.45, 7) is 1.95. The van der Waals surface area contributed by atoms with E-state index >= 15 is 0 Å². The third-order valence-corrected chi connectivity index (χ3v) is 1.31. The van der Waals surface area contributed by atoms with Gasteiger partial charge in [-0.3, -0.25) is 0 Å². The first-order valence-corrected chi connectivity index (χ1v) is 3.59. The molecule has 0 aromatic heterocycles. The van der Waals surface area contributed by atoms with Crippen LogP contribution in [0.2, 0.25) is 0 Å². The van der Waals surface area contributed by atoms with Crippen LogP contribution in [0.25, 0.3) is 10.4 Å². The maximum Gasteiger partial charge on any atom is 0.330 e. The normalized spacial score (nSPS) is 10.6. The maximum absolute atomic E-state index is 10.3. The zero-order valence-electron chi connectivity index (χ0n) is 6.90. The van der Waals surface area contributed by atoms with Crippen LogP contribution in [-0.4, -0.2) is 17.6 Å². The molecule has 0 saturated carbocycles. The molecule has 0 amide bonds. The van der Waals surface area contributed by atoms with E-state index in [1.165, 1.54) is 6.92 Å². The van der Waals surface area contributed by atoms with Crippen molar-refractivity contribution in [1.29, 1.82) is 0 Å². The number of carbonyl (C=O) groups is 1. The third kappa shape index (κ3) is 5.32. The standard InChI is InChI=1S/C7H11N3O2/c1-6(7(11)12)4-2-3-5-9-10-8/h4H,2-3,5H2,1H3,(H,11,12)/b6-4+. The predicted molar refractivity (Wildman–Crippen MR) is 44.6 cm³/mol. The van der Waals surface area contributed by atoms with Crippen molar-refractivity contribution in [1.82, 2.24) is 0 Å². The van der Waals surface area contributed by atoms with E-state index in [1.807, 2.05) is 0 Å². The monoisotopic (exact) mass is 169 g/mol. The van der Waals surface area contributed by atoms with Gasteiger partial charge in [-0.1, -0.05) is 11.2 Å². The van der Waals surface area contributed by atoms with Crippen LogP contribution in [0.4, 0.5) is 0 Å². The summed E-state index contributed by atoms with van der Waals surface area (Å²) in [5.74, 6) is -0.904. The van der Waals surface area contributed by atoms with Crippen LogP contribution in [-0.2, 0) is 4.79 Å². The number of unbranched alkanes of at least 4 members (excludes halogenated alkanes) is 1. The average Bonchev–Trinajstić information content (AvgIpc) is 2.03. The Hall–Kier alpha value is -1.48. The number of hydrogen-bond acceptors (Lipinski definition) is 2. The van der Waals surface area contributed by atoms with Crippen molar-refractivity contribution in [2.75, 3.05) is 6.54 Å². The molecule has 5 heteroatoms. The van der Waals surface area contributed by atoms with E-state index in [2.05, 4.69) is 10.0 Å². The molecule has 0 aromatic rings. The molecule has 0 bridgehead atoms. The molecular weight excluding hydrogens is 158 g/mol. The third-order valence-electron chi connectivity index (χ3n) is 1.31. The Morgan fingerprint density at radius 3 is 2.92 bits per heavy atom. The molecular formula is C7H11N3O2. The summed E-state index contributed by atoms with van der Waals surface area (Å²) < 4.78 is 0. The van der Waals surface area contributed by atoms with Gasteiger partial charge in [0.15, 0.2) is 0 Å². The molecule has 0 unspecified atom stereocenters. The highest BCUT2D eigenvalue weighted by Gasteiger charge is 1.96. The molecule has 0 aliphatic heterocycles. The van der Waals surface area contributed by atoms with Crippen molar-refractivity contribution < 1.29 is 9.90 Å². The number of aliphatic carboxylic acids is 1. The first kappa shape index (κ1) is 10.5. The lowest BCUT2D eigenvalue weighted by molar-refractivity contribution is -0.132. The van der Waals surface area contributed by atoms with Gasteiger partial charge in [0.05, 0.1) is 0 Å². The molecule has 0 spiro atoms. The highest BCUT2D eigenvalue weighted by Crippen LogP contribution is 1.98. The smallest absolute Gasteiger partial charge is 0.330 e. The summed E-state index contributed by atoms with van der Waals surface area (Å²) in [5.41, 5.74) is 8.24. The minimum absolute atomic E-state index is 0.330. The van der Waals surface area contributed by atoms with Crippen molar-refractivity contribution in [2.24, 2.45) is 5.11 Å². The Labute approximate surface area is 70.3 Å². The average molecular weight is 169 g/mol. The van der Waals surface area contributed by atoms with E-state index in [1.54, 1.807) is 6.08 Å². The molecule has 1 N–H and O–H groups in total. The summed E-state index contributed by atoms with van der Waals surface area (Å²) in [6.07, 6.45) is 2.95. The number of carboxylic acid groups (broad SMARTS) is 1. The fourth-order valence-corrected chi connectivity index (χ4v) is 0.613. The highest BCUT2D eigenvalue weighted by molar-refractivity contribution is 5.85. The lowest BCUT2D eigenvalue weighted by Gasteiger charge is -1.92. The summed E-state index contributed by atoms with van der Waals surface area (Å²) in [4.78, 5) is 12.8. The van der Waals surface area contributed by atoms with E-state index < -0.39 is 5.97 Å². The van der Waals surface area contributed by atoms with Gasteiger partial charge >= 0.3 is 5.97 Å². The number of nitrogens with zero attached hydrogens (tertiary/aromatic N) is 3. The van der Waals surface area contributed by atoms with E-state index in [0.29, 0.717) is 25.0 Å². The van der Waals surface area contributed by atoms with Gasteiger partial charge in [0.2, 0.25) is 0 Å². The van der Waals surface area contributed by atoms with Crippen LogP contribution in [0.1, 0.15) is 19.8 Å². The van der Waals surface area contributed by atoms with Crippen molar-refractivity contribution in [2.45, 2.75) is 19.8 Å². The molecule has 0 rings (SSSR count). The molecule has 0 aromatic carbocycles. The quantitative estimate of drug-likeness (QED) is 0.224. The highest BCUT2D eigenvalue weighted by atomic mass is 16.4. The minimum atomic E-state index is -0.904. The Kier molecular flexibility index (Phi) is 5.47. The molecule has 66 valence electrons. The summed E-state index contributed by atoms with van der Waals surface area (Å²) in [7, 11) is 0. The van der Waals surface area contributed by atoms with Crippen LogP contribution < -0.4 is 0 Å². The Balaban J connectivity index is 3.60. The van der Waals surface area contributed by atoms with Crippen LogP contribution in [0.15, 0.2) is 16.8 Å². The Morgan fingerprint density at radius 2 is 2.42 bits per heavy atom. The van der Waals surface area contributed by atoms with Crippen LogP contribution in [0.5, 0.6) is 0 Å². The number of carboxylic acids is 1. The van der Waals surface area contributed by atoms with Gasteiger partial charge in [-0.05, 0) is 25.3 Å². The molecule has 0 radical (unpaired) electrons. The number of hydrogen-bond donors (Lipinski definition) is 1. The van der Waals surface area contributed by atoms with Crippen LogP contribution in [0.3, 0.4) is 0 Å². The molecule has 5 nitrogen and oxygen atoms in total. The lowest BCUT2D eigenvalue weighted by Crippen LogP contribution is -1.95. The number of rotatable bonds is 5. The number of allylic oxidation sites excluding steroid dienone is 1. The molecule has 0 saturated heterocycles. The molecule has 12 heavy (non-hydrogen) atoms. The second kappa shape index (κ2) is 6.24. The van der Waals surface area contributed by atoms with Gasteiger partial charge < -0.3 is 5.11 Å². The maximum atomic E-state index is 10.3. The Bertz CT molecular complexity index is 229. The van der Waals surface area contributed by atoms with Crippen molar-refractivity contribution >= 4 is 5.97 Å². The van der Waals surface area contributed by atoms with Crippen LogP contribution >= 0.6 is 0 Å². The van der Waals surface area contributed by atoms with Crippen LogP contribution in [0, 0.1) is 0 Å². The molecule has 0 heterocycles. The fraction of sp³-hybridized carbons (Fsp3) is 0.571. The summed E-state index contributed by atoms with van der Waals surface area (Å²) in [6, 6.07) is 0. The van der Waals surface area contributed by atoms with Gasteiger partial charge in [-0.2, -0.15) is 0 Å². The largest absolute Gasteiger partial charge is 0.478 e. The van der Waals surface area contributed by atoms with E-state index in [-0.39, 0.29) is 0 Å². The minimum Gasteiger partial charge on any atom is -0.478 e. The summed E-state index contributed by atoms with van der Waals surface area (Å²) >= 11 is 0. The first-order chi connectivity index (χ1) is 5.68. The fourth-order valence-electron chi connectivity index (χ4n) is 0.613. The second-order valence-corrected chi connectivity index (χ2v) is 2.29. The van der Waals surface area contributed by atoms with Crippen molar-refractivity contribution in [3.8, 4) is 0 Å². The zero-order chi connectivity index (χ0) is 9.40. The van der Waals surface area contributed by atoms with Crippen molar-refractivity contribution in [3.63, 3.8) is 0 Å². The second-order valence-electron chi connectivity index (χ2n) is 2.29. The van der Waals surface area contributed by atoms with Gasteiger partial charge in [0.1, 0.15) is 0 Å². The van der Waals surface area contributed by atoms with Gasteiger partial charge in [0, 0.05) is 17.0 Å².